The highest BCUT2D eigenvalue weighted by Crippen LogP contribution is 2.29. The largest absolute Gasteiger partial charge is 0.505 e. The lowest BCUT2D eigenvalue weighted by Crippen LogP contribution is -2.43. The average Bonchev–Trinajstić information content (AvgIpc) is 2.74. The van der Waals surface area contributed by atoms with Crippen LogP contribution in [0.3, 0.4) is 0 Å². The quantitative estimate of drug-likeness (QED) is 0.853. The molecule has 1 aromatic carbocycles. The lowest BCUT2D eigenvalue weighted by Gasteiger charge is -2.27. The van der Waals surface area contributed by atoms with E-state index in [4.69, 9.17) is 0 Å². The van der Waals surface area contributed by atoms with Crippen LogP contribution in [0.15, 0.2) is 18.2 Å². The van der Waals surface area contributed by atoms with Crippen molar-refractivity contribution in [3.63, 3.8) is 0 Å². The number of benzene rings is 1. The Morgan fingerprint density at radius 1 is 1.38 bits per heavy atom. The molecule has 2 N–H and O–H groups in total. The zero-order chi connectivity index (χ0) is 15.0. The third-order valence-electron chi connectivity index (χ3n) is 4.23. The molecule has 0 unspecified atom stereocenters. The summed E-state index contributed by atoms with van der Waals surface area (Å²) in [4.78, 5) is 25.8. The van der Waals surface area contributed by atoms with Gasteiger partial charge in [0.25, 0.3) is 0 Å². The van der Waals surface area contributed by atoms with Gasteiger partial charge in [-0.15, -0.1) is 0 Å². The van der Waals surface area contributed by atoms with E-state index in [9.17, 15) is 19.1 Å². The van der Waals surface area contributed by atoms with E-state index in [1.165, 1.54) is 12.1 Å². The van der Waals surface area contributed by atoms with Gasteiger partial charge in [0.05, 0.1) is 6.42 Å². The monoisotopic (exact) mass is 292 g/mol. The summed E-state index contributed by atoms with van der Waals surface area (Å²) in [6.45, 7) is 0.491. The molecule has 0 saturated carbocycles. The number of phenols is 1. The van der Waals surface area contributed by atoms with Crippen molar-refractivity contribution in [3.8, 4) is 5.75 Å². The zero-order valence-corrected chi connectivity index (χ0v) is 11.5. The Labute approximate surface area is 121 Å². The topological polar surface area (TPSA) is 69.6 Å². The molecular formula is C15H17FN2O3. The van der Waals surface area contributed by atoms with Crippen molar-refractivity contribution >= 4 is 11.8 Å². The maximum absolute atomic E-state index is 13.3. The third kappa shape index (κ3) is 2.70. The molecule has 2 heterocycles. The molecule has 2 saturated heterocycles. The Bertz CT molecular complexity index is 590. The van der Waals surface area contributed by atoms with Crippen molar-refractivity contribution < 1.29 is 19.1 Å². The van der Waals surface area contributed by atoms with Crippen molar-refractivity contribution in [2.24, 2.45) is 0 Å². The van der Waals surface area contributed by atoms with Crippen LogP contribution in [0.4, 0.5) is 4.39 Å². The van der Waals surface area contributed by atoms with Crippen LogP contribution >= 0.6 is 0 Å². The van der Waals surface area contributed by atoms with Gasteiger partial charge in [-0.2, -0.15) is 0 Å². The summed E-state index contributed by atoms with van der Waals surface area (Å²) in [6.07, 6.45) is 2.15. The number of carbonyl (C=O) groups is 2. The summed E-state index contributed by atoms with van der Waals surface area (Å²) >= 11 is 0. The molecule has 112 valence electrons. The molecule has 2 atom stereocenters. The van der Waals surface area contributed by atoms with Gasteiger partial charge in [0.2, 0.25) is 11.8 Å². The van der Waals surface area contributed by atoms with Gasteiger partial charge in [0, 0.05) is 25.0 Å². The number of carbonyl (C=O) groups excluding carboxylic acids is 2. The fourth-order valence-electron chi connectivity index (χ4n) is 3.21. The number of amides is 2. The number of hydrogen-bond acceptors (Lipinski definition) is 3. The van der Waals surface area contributed by atoms with Gasteiger partial charge < -0.3 is 15.3 Å². The van der Waals surface area contributed by atoms with Gasteiger partial charge in [0.1, 0.15) is 0 Å². The van der Waals surface area contributed by atoms with Crippen LogP contribution in [-0.2, 0) is 16.0 Å². The van der Waals surface area contributed by atoms with E-state index in [0.29, 0.717) is 18.5 Å². The van der Waals surface area contributed by atoms with Crippen LogP contribution in [0.25, 0.3) is 0 Å². The third-order valence-corrected chi connectivity index (χ3v) is 4.23. The predicted molar refractivity (Wildman–Crippen MR) is 73.1 cm³/mol. The van der Waals surface area contributed by atoms with Gasteiger partial charge >= 0.3 is 0 Å². The molecule has 0 radical (unpaired) electrons. The maximum Gasteiger partial charge on any atom is 0.227 e. The molecule has 0 aromatic heterocycles. The molecule has 5 nitrogen and oxygen atoms in total. The standard InChI is InChI=1S/C15H17FN2O3/c16-12-5-9(1-4-13(12)19)6-15(21)18-10-2-3-11(18)8-17-14(20)7-10/h1,4-5,10-11,19H,2-3,6-8H2,(H,17,20)/t10-,11+/m1/s1. The van der Waals surface area contributed by atoms with Crippen LogP contribution in [0.1, 0.15) is 24.8 Å². The Morgan fingerprint density at radius 2 is 2.14 bits per heavy atom. The van der Waals surface area contributed by atoms with Gasteiger partial charge in [0.15, 0.2) is 11.6 Å². The first-order chi connectivity index (χ1) is 10.0. The molecule has 0 spiro atoms. The van der Waals surface area contributed by atoms with Crippen LogP contribution in [0, 0.1) is 5.82 Å². The van der Waals surface area contributed by atoms with E-state index in [-0.39, 0.29) is 30.3 Å². The Kier molecular flexibility index (Phi) is 3.53. The summed E-state index contributed by atoms with van der Waals surface area (Å²) in [6, 6.07) is 3.96. The minimum absolute atomic E-state index is 0.0179. The Hall–Kier alpha value is -2.11. The molecule has 2 bridgehead atoms. The predicted octanol–water partition coefficient (Wildman–Crippen LogP) is 0.953. The molecule has 0 aliphatic carbocycles. The first-order valence-electron chi connectivity index (χ1n) is 7.10. The smallest absolute Gasteiger partial charge is 0.227 e. The second kappa shape index (κ2) is 5.35. The molecule has 2 aliphatic heterocycles. The van der Waals surface area contributed by atoms with Gasteiger partial charge in [-0.1, -0.05) is 6.07 Å². The number of halogens is 1. The second-order valence-corrected chi connectivity index (χ2v) is 5.66. The van der Waals surface area contributed by atoms with E-state index in [1.54, 1.807) is 11.0 Å². The van der Waals surface area contributed by atoms with Crippen molar-refractivity contribution in [3.05, 3.63) is 29.6 Å². The summed E-state index contributed by atoms with van der Waals surface area (Å²) in [5.74, 6) is -1.26. The molecule has 2 aliphatic rings. The van der Waals surface area contributed by atoms with Crippen LogP contribution < -0.4 is 5.32 Å². The Morgan fingerprint density at radius 3 is 2.90 bits per heavy atom. The van der Waals surface area contributed by atoms with Gasteiger partial charge in [-0.25, -0.2) is 4.39 Å². The van der Waals surface area contributed by atoms with Crippen LogP contribution in [-0.4, -0.2) is 40.4 Å². The number of aromatic hydroxyl groups is 1. The summed E-state index contributed by atoms with van der Waals surface area (Å²) < 4.78 is 13.3. The first-order valence-corrected chi connectivity index (χ1v) is 7.10. The second-order valence-electron chi connectivity index (χ2n) is 5.66. The Balaban J connectivity index is 1.75. The SMILES string of the molecule is O=C1C[C@H]2CC[C@@H](CN1)N2C(=O)Cc1ccc(O)c(F)c1. The molecule has 3 rings (SSSR count). The normalized spacial score (nSPS) is 24.6. The lowest BCUT2D eigenvalue weighted by molar-refractivity contribution is -0.133. The summed E-state index contributed by atoms with van der Waals surface area (Å²) in [5, 5.41) is 12.0. The maximum atomic E-state index is 13.3. The summed E-state index contributed by atoms with van der Waals surface area (Å²) in [5.41, 5.74) is 0.526. The van der Waals surface area contributed by atoms with Crippen molar-refractivity contribution in [2.45, 2.75) is 37.8 Å². The molecule has 21 heavy (non-hydrogen) atoms. The van der Waals surface area contributed by atoms with Gasteiger partial charge in [-0.3, -0.25) is 9.59 Å². The van der Waals surface area contributed by atoms with Crippen molar-refractivity contribution in [2.75, 3.05) is 6.54 Å². The number of fused-ring (bicyclic) bond motifs is 2. The van der Waals surface area contributed by atoms with E-state index < -0.39 is 11.6 Å². The molecule has 1 aromatic rings. The average molecular weight is 292 g/mol. The van der Waals surface area contributed by atoms with Crippen molar-refractivity contribution in [1.29, 1.82) is 0 Å². The van der Waals surface area contributed by atoms with Gasteiger partial charge in [-0.05, 0) is 30.5 Å². The highest BCUT2D eigenvalue weighted by molar-refractivity contribution is 5.83. The lowest BCUT2D eigenvalue weighted by atomic mass is 10.1. The van der Waals surface area contributed by atoms with E-state index in [0.717, 1.165) is 12.8 Å². The summed E-state index contributed by atoms with van der Waals surface area (Å²) in [7, 11) is 0. The van der Waals surface area contributed by atoms with Crippen LogP contribution in [0.5, 0.6) is 5.75 Å². The fourth-order valence-corrected chi connectivity index (χ4v) is 3.21. The number of hydrogen-bond donors (Lipinski definition) is 2. The number of nitrogens with one attached hydrogen (secondary N) is 1. The highest BCUT2D eigenvalue weighted by Gasteiger charge is 2.39. The fraction of sp³-hybridized carbons (Fsp3) is 0.467. The molecule has 2 amide bonds. The van der Waals surface area contributed by atoms with E-state index in [2.05, 4.69) is 5.32 Å². The number of nitrogens with zero attached hydrogens (tertiary/aromatic N) is 1. The minimum atomic E-state index is -0.726. The van der Waals surface area contributed by atoms with Crippen LogP contribution in [0.2, 0.25) is 0 Å². The number of rotatable bonds is 2. The van der Waals surface area contributed by atoms with E-state index >= 15 is 0 Å². The highest BCUT2D eigenvalue weighted by atomic mass is 19.1. The molecule has 6 heteroatoms. The first kappa shape index (κ1) is 13.9. The molecular weight excluding hydrogens is 275 g/mol. The van der Waals surface area contributed by atoms with Crippen molar-refractivity contribution in [1.82, 2.24) is 10.2 Å². The molecule has 2 fully saturated rings. The minimum Gasteiger partial charge on any atom is -0.505 e. The zero-order valence-electron chi connectivity index (χ0n) is 11.5. The van der Waals surface area contributed by atoms with E-state index in [1.807, 2.05) is 0 Å². The number of phenolic OH excluding ortho intramolecular Hbond substituents is 1.